The molecule has 2 rings (SSSR count). The van der Waals surface area contributed by atoms with E-state index in [1.807, 2.05) is 30.3 Å². The molecule has 0 amide bonds. The zero-order valence-corrected chi connectivity index (χ0v) is 15.1. The topological polar surface area (TPSA) is 66.4 Å². The van der Waals surface area contributed by atoms with Crippen molar-refractivity contribution in [2.45, 2.75) is 31.1 Å². The van der Waals surface area contributed by atoms with E-state index in [9.17, 15) is 13.5 Å². The second-order valence-corrected chi connectivity index (χ2v) is 8.43. The van der Waals surface area contributed by atoms with Gasteiger partial charge < -0.3 is 5.11 Å². The maximum atomic E-state index is 12.2. The third-order valence-corrected chi connectivity index (χ3v) is 5.29. The van der Waals surface area contributed by atoms with Gasteiger partial charge in [-0.3, -0.25) is 0 Å². The molecule has 0 fully saturated rings. The number of aliphatic hydroxyl groups is 1. The molecule has 0 aliphatic carbocycles. The average molecular weight is 368 g/mol. The van der Waals surface area contributed by atoms with Crippen LogP contribution in [0.25, 0.3) is 0 Å². The molecule has 0 aromatic heterocycles. The van der Waals surface area contributed by atoms with Crippen molar-refractivity contribution in [2.24, 2.45) is 0 Å². The molecular weight excluding hydrogens is 346 g/mol. The van der Waals surface area contributed by atoms with E-state index in [1.54, 1.807) is 31.2 Å². The number of benzene rings is 2. The first-order valence-electron chi connectivity index (χ1n) is 7.74. The van der Waals surface area contributed by atoms with Crippen molar-refractivity contribution in [3.63, 3.8) is 0 Å². The van der Waals surface area contributed by atoms with Gasteiger partial charge in [-0.25, -0.2) is 13.1 Å². The first-order valence-corrected chi connectivity index (χ1v) is 9.77. The van der Waals surface area contributed by atoms with Crippen LogP contribution < -0.4 is 4.72 Å². The van der Waals surface area contributed by atoms with Gasteiger partial charge in [0, 0.05) is 11.6 Å². The van der Waals surface area contributed by atoms with Gasteiger partial charge in [0.25, 0.3) is 0 Å². The molecule has 4 nitrogen and oxygen atoms in total. The Morgan fingerprint density at radius 3 is 2.29 bits per heavy atom. The van der Waals surface area contributed by atoms with Crippen LogP contribution in [0.4, 0.5) is 0 Å². The number of hydrogen-bond acceptors (Lipinski definition) is 3. The maximum Gasteiger partial charge on any atom is 0.215 e. The first-order chi connectivity index (χ1) is 11.3. The second-order valence-electron chi connectivity index (χ2n) is 6.19. The molecule has 0 spiro atoms. The standard InChI is InChI=1S/C18H22ClNO3S/c1-18(21,12-11-15-5-3-2-4-6-15)14-20-24(22,23)13-16-7-9-17(19)10-8-16/h2-10,20-21H,11-14H2,1H3. The third kappa shape index (κ3) is 6.61. The van der Waals surface area contributed by atoms with Crippen LogP contribution >= 0.6 is 11.6 Å². The predicted octanol–water partition coefficient (Wildman–Crippen LogP) is 3.14. The lowest BCUT2D eigenvalue weighted by molar-refractivity contribution is 0.0565. The fraction of sp³-hybridized carbons (Fsp3) is 0.333. The quantitative estimate of drug-likeness (QED) is 0.753. The minimum Gasteiger partial charge on any atom is -0.389 e. The van der Waals surface area contributed by atoms with Crippen LogP contribution in [0.2, 0.25) is 5.02 Å². The van der Waals surface area contributed by atoms with Gasteiger partial charge in [-0.2, -0.15) is 0 Å². The van der Waals surface area contributed by atoms with Crippen molar-refractivity contribution in [1.82, 2.24) is 4.72 Å². The van der Waals surface area contributed by atoms with Crippen LogP contribution in [0.3, 0.4) is 0 Å². The summed E-state index contributed by atoms with van der Waals surface area (Å²) in [5.74, 6) is -0.140. The van der Waals surface area contributed by atoms with E-state index >= 15 is 0 Å². The Bertz CT molecular complexity index is 744. The van der Waals surface area contributed by atoms with Crippen LogP contribution in [0.1, 0.15) is 24.5 Å². The summed E-state index contributed by atoms with van der Waals surface area (Å²) in [6.45, 7) is 1.62. The Morgan fingerprint density at radius 1 is 1.04 bits per heavy atom. The number of aryl methyl sites for hydroxylation is 1. The van der Waals surface area contributed by atoms with E-state index in [4.69, 9.17) is 11.6 Å². The molecule has 24 heavy (non-hydrogen) atoms. The van der Waals surface area contributed by atoms with Crippen LogP contribution in [0.5, 0.6) is 0 Å². The van der Waals surface area contributed by atoms with Crippen molar-refractivity contribution < 1.29 is 13.5 Å². The highest BCUT2D eigenvalue weighted by Gasteiger charge is 2.23. The van der Waals surface area contributed by atoms with Crippen molar-refractivity contribution in [1.29, 1.82) is 0 Å². The molecule has 1 unspecified atom stereocenters. The molecule has 1 atom stereocenters. The molecule has 130 valence electrons. The fourth-order valence-electron chi connectivity index (χ4n) is 2.26. The molecular formula is C18H22ClNO3S. The van der Waals surface area contributed by atoms with Gasteiger partial charge in [0.1, 0.15) is 0 Å². The summed E-state index contributed by atoms with van der Waals surface area (Å²) in [5, 5.41) is 11.0. The number of sulfonamides is 1. The number of rotatable bonds is 8. The van der Waals surface area contributed by atoms with Gasteiger partial charge in [-0.05, 0) is 43.0 Å². The highest BCUT2D eigenvalue weighted by atomic mass is 35.5. The summed E-state index contributed by atoms with van der Waals surface area (Å²) < 4.78 is 26.8. The SMILES string of the molecule is CC(O)(CCc1ccccc1)CNS(=O)(=O)Cc1ccc(Cl)cc1. The van der Waals surface area contributed by atoms with E-state index < -0.39 is 15.6 Å². The van der Waals surface area contributed by atoms with Crippen LogP contribution in [-0.4, -0.2) is 25.7 Å². The van der Waals surface area contributed by atoms with Gasteiger partial charge in [0.15, 0.2) is 0 Å². The average Bonchev–Trinajstić information content (AvgIpc) is 2.55. The zero-order valence-electron chi connectivity index (χ0n) is 13.6. The Kier molecular flexibility index (Phi) is 6.40. The second kappa shape index (κ2) is 8.12. The van der Waals surface area contributed by atoms with Gasteiger partial charge in [0.05, 0.1) is 11.4 Å². The summed E-state index contributed by atoms with van der Waals surface area (Å²) in [4.78, 5) is 0. The van der Waals surface area contributed by atoms with Crippen molar-refractivity contribution in [2.75, 3.05) is 6.54 Å². The smallest absolute Gasteiger partial charge is 0.215 e. The van der Waals surface area contributed by atoms with Gasteiger partial charge in [-0.1, -0.05) is 54.1 Å². The lowest BCUT2D eigenvalue weighted by atomic mass is 9.97. The molecule has 0 heterocycles. The Hall–Kier alpha value is -1.40. The van der Waals surface area contributed by atoms with Crippen molar-refractivity contribution in [3.05, 3.63) is 70.7 Å². The zero-order chi connectivity index (χ0) is 17.6. The van der Waals surface area contributed by atoms with E-state index in [1.165, 1.54) is 0 Å². The molecule has 0 saturated carbocycles. The van der Waals surface area contributed by atoms with Crippen LogP contribution in [-0.2, 0) is 22.2 Å². The van der Waals surface area contributed by atoms with E-state index in [2.05, 4.69) is 4.72 Å². The Labute approximate surface area is 148 Å². The normalized spacial score (nSPS) is 14.3. The van der Waals surface area contributed by atoms with Gasteiger partial charge >= 0.3 is 0 Å². The number of nitrogens with one attached hydrogen (secondary N) is 1. The summed E-state index contributed by atoms with van der Waals surface area (Å²) >= 11 is 5.79. The van der Waals surface area contributed by atoms with Crippen molar-refractivity contribution in [3.8, 4) is 0 Å². The maximum absolute atomic E-state index is 12.2. The minimum absolute atomic E-state index is 0.0181. The summed E-state index contributed by atoms with van der Waals surface area (Å²) in [6, 6.07) is 16.5. The molecule has 0 aliphatic heterocycles. The summed E-state index contributed by atoms with van der Waals surface area (Å²) in [5.41, 5.74) is 0.653. The molecule has 2 N–H and O–H groups in total. The Morgan fingerprint density at radius 2 is 1.67 bits per heavy atom. The van der Waals surface area contributed by atoms with E-state index in [0.29, 0.717) is 23.4 Å². The van der Waals surface area contributed by atoms with Gasteiger partial charge in [-0.15, -0.1) is 0 Å². The fourth-order valence-corrected chi connectivity index (χ4v) is 3.65. The summed E-state index contributed by atoms with van der Waals surface area (Å²) in [6.07, 6.45) is 1.16. The van der Waals surface area contributed by atoms with Gasteiger partial charge in [0.2, 0.25) is 10.0 Å². The number of halogens is 1. The molecule has 2 aromatic carbocycles. The molecule has 0 bridgehead atoms. The lowest BCUT2D eigenvalue weighted by Gasteiger charge is -2.23. The highest BCUT2D eigenvalue weighted by molar-refractivity contribution is 7.88. The summed E-state index contributed by atoms with van der Waals surface area (Å²) in [7, 11) is -3.52. The monoisotopic (exact) mass is 367 g/mol. The van der Waals surface area contributed by atoms with Crippen molar-refractivity contribution >= 4 is 21.6 Å². The highest BCUT2D eigenvalue weighted by Crippen LogP contribution is 2.15. The number of hydrogen-bond donors (Lipinski definition) is 2. The van der Waals surface area contributed by atoms with E-state index in [-0.39, 0.29) is 12.3 Å². The Balaban J connectivity index is 1.86. The van der Waals surface area contributed by atoms with E-state index in [0.717, 1.165) is 5.56 Å². The van der Waals surface area contributed by atoms with Crippen LogP contribution in [0, 0.1) is 0 Å². The molecule has 0 saturated heterocycles. The predicted molar refractivity (Wildman–Crippen MR) is 97.5 cm³/mol. The molecule has 6 heteroatoms. The first kappa shape index (κ1) is 18.9. The largest absolute Gasteiger partial charge is 0.389 e. The molecule has 0 aliphatic rings. The molecule has 2 aromatic rings. The van der Waals surface area contributed by atoms with Crippen LogP contribution in [0.15, 0.2) is 54.6 Å². The molecule has 0 radical (unpaired) electrons. The lowest BCUT2D eigenvalue weighted by Crippen LogP contribution is -2.41. The minimum atomic E-state index is -3.52. The third-order valence-electron chi connectivity index (χ3n) is 3.74.